The first-order valence-corrected chi connectivity index (χ1v) is 6.52. The monoisotopic (exact) mass is 224 g/mol. The van der Waals surface area contributed by atoms with E-state index in [1.54, 1.807) is 0 Å². The average molecular weight is 224 g/mol. The third-order valence-electron chi connectivity index (χ3n) is 3.23. The van der Waals surface area contributed by atoms with E-state index in [0.717, 1.165) is 19.8 Å². The van der Waals surface area contributed by atoms with Crippen LogP contribution < -0.4 is 5.32 Å². The lowest BCUT2D eigenvalue weighted by atomic mass is 10.1. The molecule has 0 bridgehead atoms. The third-order valence-corrected chi connectivity index (χ3v) is 4.51. The number of hydrogen-bond acceptors (Lipinski definition) is 4. The minimum atomic E-state index is 0.520. The lowest BCUT2D eigenvalue weighted by Crippen LogP contribution is -2.12. The summed E-state index contributed by atoms with van der Waals surface area (Å²) in [5, 5.41) is 4.77. The molecule has 3 nitrogen and oxygen atoms in total. The van der Waals surface area contributed by atoms with Crippen LogP contribution in [0.1, 0.15) is 41.1 Å². The smallest absolute Gasteiger partial charge is 0.110 e. The summed E-state index contributed by atoms with van der Waals surface area (Å²) in [6, 6.07) is 0.520. The van der Waals surface area contributed by atoms with E-state index in [2.05, 4.69) is 16.5 Å². The predicted octanol–water partition coefficient (Wildman–Crippen LogP) is 2.07. The van der Waals surface area contributed by atoms with E-state index >= 15 is 0 Å². The first-order chi connectivity index (χ1) is 7.43. The molecule has 0 amide bonds. The van der Waals surface area contributed by atoms with Crippen molar-refractivity contribution in [1.29, 1.82) is 0 Å². The van der Waals surface area contributed by atoms with Gasteiger partial charge in [-0.25, -0.2) is 4.98 Å². The van der Waals surface area contributed by atoms with Crippen LogP contribution in [0.15, 0.2) is 6.20 Å². The Balaban J connectivity index is 1.74. The second kappa shape index (κ2) is 4.20. The predicted molar refractivity (Wildman–Crippen MR) is 60.3 cm³/mol. The van der Waals surface area contributed by atoms with Gasteiger partial charge in [0.2, 0.25) is 0 Å². The second-order valence-electron chi connectivity index (χ2n) is 4.31. The Kier molecular flexibility index (Phi) is 2.73. The molecule has 2 atom stereocenters. The number of aromatic nitrogens is 1. The standard InChI is InChI=1S/C11H16N2OS/c1-2-9(12-4-1)11-13-6-10(15-11)8-3-5-14-7-8/h6,8-9,12H,1-5,7H2. The Morgan fingerprint density at radius 3 is 3.20 bits per heavy atom. The second-order valence-corrected chi connectivity index (χ2v) is 5.40. The molecule has 1 N–H and O–H groups in total. The zero-order chi connectivity index (χ0) is 10.1. The normalized spacial score (nSPS) is 31.2. The van der Waals surface area contributed by atoms with E-state index in [-0.39, 0.29) is 0 Å². The van der Waals surface area contributed by atoms with Crippen LogP contribution in [0.2, 0.25) is 0 Å². The fraction of sp³-hybridized carbons (Fsp3) is 0.727. The minimum Gasteiger partial charge on any atom is -0.381 e. The van der Waals surface area contributed by atoms with Crippen molar-refractivity contribution in [2.45, 2.75) is 31.2 Å². The van der Waals surface area contributed by atoms with Crippen molar-refractivity contribution in [3.8, 4) is 0 Å². The van der Waals surface area contributed by atoms with Crippen molar-refractivity contribution in [2.75, 3.05) is 19.8 Å². The molecule has 0 aliphatic carbocycles. The maximum Gasteiger partial charge on any atom is 0.110 e. The Bertz CT molecular complexity index is 297. The summed E-state index contributed by atoms with van der Waals surface area (Å²) in [7, 11) is 0. The molecule has 1 aromatic rings. The molecule has 1 aromatic heterocycles. The van der Waals surface area contributed by atoms with E-state index in [1.165, 1.54) is 29.1 Å². The maximum atomic E-state index is 5.41. The molecule has 3 heterocycles. The van der Waals surface area contributed by atoms with Gasteiger partial charge in [0, 0.05) is 23.6 Å². The Morgan fingerprint density at radius 2 is 2.47 bits per heavy atom. The van der Waals surface area contributed by atoms with E-state index in [4.69, 9.17) is 4.74 Å². The molecule has 2 unspecified atom stereocenters. The zero-order valence-electron chi connectivity index (χ0n) is 8.74. The maximum absolute atomic E-state index is 5.41. The highest BCUT2D eigenvalue weighted by molar-refractivity contribution is 7.11. The van der Waals surface area contributed by atoms with Gasteiger partial charge in [-0.2, -0.15) is 0 Å². The molecule has 15 heavy (non-hydrogen) atoms. The average Bonchev–Trinajstić information content (AvgIpc) is 3.02. The molecule has 2 fully saturated rings. The zero-order valence-corrected chi connectivity index (χ0v) is 9.55. The van der Waals surface area contributed by atoms with Crippen molar-refractivity contribution in [3.63, 3.8) is 0 Å². The molecule has 4 heteroatoms. The van der Waals surface area contributed by atoms with Crippen LogP contribution in [0.3, 0.4) is 0 Å². The molecule has 0 saturated carbocycles. The summed E-state index contributed by atoms with van der Waals surface area (Å²) in [5.74, 6) is 0.609. The van der Waals surface area contributed by atoms with Crippen molar-refractivity contribution >= 4 is 11.3 Å². The topological polar surface area (TPSA) is 34.2 Å². The molecular formula is C11H16N2OS. The van der Waals surface area contributed by atoms with Gasteiger partial charge in [-0.3, -0.25) is 0 Å². The van der Waals surface area contributed by atoms with Gasteiger partial charge in [0.25, 0.3) is 0 Å². The quantitative estimate of drug-likeness (QED) is 0.835. The highest BCUT2D eigenvalue weighted by atomic mass is 32.1. The highest BCUT2D eigenvalue weighted by Gasteiger charge is 2.23. The fourth-order valence-corrected chi connectivity index (χ4v) is 3.45. The number of nitrogens with one attached hydrogen (secondary N) is 1. The van der Waals surface area contributed by atoms with Crippen molar-refractivity contribution in [1.82, 2.24) is 10.3 Å². The fourth-order valence-electron chi connectivity index (χ4n) is 2.30. The van der Waals surface area contributed by atoms with Gasteiger partial charge in [-0.1, -0.05) is 0 Å². The molecule has 0 spiro atoms. The molecule has 2 aliphatic heterocycles. The van der Waals surface area contributed by atoms with E-state index in [9.17, 15) is 0 Å². The number of ether oxygens (including phenoxy) is 1. The summed E-state index contributed by atoms with van der Waals surface area (Å²) in [6.45, 7) is 2.95. The minimum absolute atomic E-state index is 0.520. The molecule has 2 saturated heterocycles. The van der Waals surface area contributed by atoms with Gasteiger partial charge < -0.3 is 10.1 Å². The lowest BCUT2D eigenvalue weighted by molar-refractivity contribution is 0.194. The van der Waals surface area contributed by atoms with Crippen LogP contribution in [0.25, 0.3) is 0 Å². The van der Waals surface area contributed by atoms with Crippen LogP contribution in [-0.4, -0.2) is 24.7 Å². The third kappa shape index (κ3) is 1.94. The summed E-state index contributed by atoms with van der Waals surface area (Å²) in [4.78, 5) is 5.96. The van der Waals surface area contributed by atoms with E-state index < -0.39 is 0 Å². The Hall–Kier alpha value is -0.450. The number of rotatable bonds is 2. The van der Waals surface area contributed by atoms with Gasteiger partial charge in [-0.15, -0.1) is 11.3 Å². The summed E-state index contributed by atoms with van der Waals surface area (Å²) >= 11 is 1.87. The Morgan fingerprint density at radius 1 is 1.47 bits per heavy atom. The largest absolute Gasteiger partial charge is 0.381 e. The summed E-state index contributed by atoms with van der Waals surface area (Å²) in [5.41, 5.74) is 0. The van der Waals surface area contributed by atoms with Gasteiger partial charge >= 0.3 is 0 Å². The summed E-state index contributed by atoms with van der Waals surface area (Å²) in [6.07, 6.45) is 5.75. The molecule has 82 valence electrons. The number of hydrogen-bond donors (Lipinski definition) is 1. The molecule has 0 aromatic carbocycles. The van der Waals surface area contributed by atoms with Crippen LogP contribution in [0.4, 0.5) is 0 Å². The van der Waals surface area contributed by atoms with Crippen LogP contribution in [0.5, 0.6) is 0 Å². The van der Waals surface area contributed by atoms with Gasteiger partial charge in [0.05, 0.1) is 12.6 Å². The molecule has 3 rings (SSSR count). The lowest BCUT2D eigenvalue weighted by Gasteiger charge is -2.05. The highest BCUT2D eigenvalue weighted by Crippen LogP contribution is 2.33. The molecule has 0 radical (unpaired) electrons. The Labute approximate surface area is 93.9 Å². The van der Waals surface area contributed by atoms with Crippen molar-refractivity contribution in [2.24, 2.45) is 0 Å². The summed E-state index contributed by atoms with van der Waals surface area (Å²) < 4.78 is 5.41. The number of nitrogens with zero attached hydrogens (tertiary/aromatic N) is 1. The van der Waals surface area contributed by atoms with Crippen molar-refractivity contribution in [3.05, 3.63) is 16.1 Å². The number of thiazole rings is 1. The molecular weight excluding hydrogens is 208 g/mol. The van der Waals surface area contributed by atoms with Gasteiger partial charge in [0.15, 0.2) is 0 Å². The van der Waals surface area contributed by atoms with Crippen LogP contribution in [0, 0.1) is 0 Å². The first kappa shape index (κ1) is 9.75. The van der Waals surface area contributed by atoms with E-state index in [0.29, 0.717) is 12.0 Å². The van der Waals surface area contributed by atoms with Crippen LogP contribution in [-0.2, 0) is 4.74 Å². The molecule has 2 aliphatic rings. The van der Waals surface area contributed by atoms with Gasteiger partial charge in [-0.05, 0) is 25.8 Å². The SMILES string of the molecule is c1nc(C2CCCN2)sc1C1CCOC1. The van der Waals surface area contributed by atoms with Crippen molar-refractivity contribution < 1.29 is 4.74 Å². The van der Waals surface area contributed by atoms with E-state index in [1.807, 2.05) is 11.3 Å². The van der Waals surface area contributed by atoms with Gasteiger partial charge in [0.1, 0.15) is 5.01 Å². The van der Waals surface area contributed by atoms with Crippen LogP contribution >= 0.6 is 11.3 Å². The first-order valence-electron chi connectivity index (χ1n) is 5.70.